The van der Waals surface area contributed by atoms with E-state index in [9.17, 15) is 4.79 Å². The lowest BCUT2D eigenvalue weighted by Gasteiger charge is -2.23. The van der Waals surface area contributed by atoms with Crippen molar-refractivity contribution in [3.8, 4) is 0 Å². The number of methoxy groups -OCH3 is 1. The molecule has 0 fully saturated rings. The first-order valence-corrected chi connectivity index (χ1v) is 6.16. The summed E-state index contributed by atoms with van der Waals surface area (Å²) >= 11 is 0. The zero-order valence-corrected chi connectivity index (χ0v) is 11.2. The van der Waals surface area contributed by atoms with Gasteiger partial charge in [0.05, 0.1) is 12.6 Å². The molecule has 18 heavy (non-hydrogen) atoms. The molecular formula is C14H22N2O2. The van der Waals surface area contributed by atoms with Gasteiger partial charge in [-0.25, -0.2) is 0 Å². The van der Waals surface area contributed by atoms with Crippen LogP contribution in [0.2, 0.25) is 0 Å². The first-order valence-electron chi connectivity index (χ1n) is 6.16. The fourth-order valence-corrected chi connectivity index (χ4v) is 1.66. The topological polar surface area (TPSA) is 64.3 Å². The van der Waals surface area contributed by atoms with E-state index in [2.05, 4.69) is 5.32 Å². The Morgan fingerprint density at radius 1 is 1.33 bits per heavy atom. The minimum atomic E-state index is -0.635. The highest BCUT2D eigenvalue weighted by atomic mass is 16.5. The predicted molar refractivity (Wildman–Crippen MR) is 72.0 cm³/mol. The van der Waals surface area contributed by atoms with Gasteiger partial charge in [-0.05, 0) is 11.5 Å². The average molecular weight is 250 g/mol. The van der Waals surface area contributed by atoms with Gasteiger partial charge in [-0.2, -0.15) is 0 Å². The Hall–Kier alpha value is -1.39. The molecule has 2 atom stereocenters. The molecule has 0 heterocycles. The molecule has 0 aromatic heterocycles. The van der Waals surface area contributed by atoms with E-state index in [1.165, 1.54) is 0 Å². The van der Waals surface area contributed by atoms with Gasteiger partial charge < -0.3 is 15.8 Å². The SMILES string of the molecule is COCC(NC(=O)[C@@H](N)c1ccccc1)C(C)C. The number of hydrogen-bond acceptors (Lipinski definition) is 3. The Kier molecular flexibility index (Phi) is 5.82. The molecule has 0 saturated carbocycles. The summed E-state index contributed by atoms with van der Waals surface area (Å²) in [4.78, 5) is 12.0. The third kappa shape index (κ3) is 4.13. The Morgan fingerprint density at radius 2 is 1.94 bits per heavy atom. The van der Waals surface area contributed by atoms with E-state index < -0.39 is 6.04 Å². The second-order valence-corrected chi connectivity index (χ2v) is 4.70. The summed E-state index contributed by atoms with van der Waals surface area (Å²) in [5.74, 6) is 0.133. The minimum absolute atomic E-state index is 0.0164. The van der Waals surface area contributed by atoms with Crippen molar-refractivity contribution in [1.29, 1.82) is 0 Å². The van der Waals surface area contributed by atoms with Gasteiger partial charge in [-0.15, -0.1) is 0 Å². The summed E-state index contributed by atoms with van der Waals surface area (Å²) in [5.41, 5.74) is 6.75. The highest BCUT2D eigenvalue weighted by Crippen LogP contribution is 2.11. The molecule has 0 aliphatic heterocycles. The zero-order chi connectivity index (χ0) is 13.5. The monoisotopic (exact) mass is 250 g/mol. The van der Waals surface area contributed by atoms with Gasteiger partial charge in [-0.1, -0.05) is 44.2 Å². The molecule has 0 spiro atoms. The van der Waals surface area contributed by atoms with Crippen LogP contribution in [-0.2, 0) is 9.53 Å². The number of carbonyl (C=O) groups excluding carboxylic acids is 1. The van der Waals surface area contributed by atoms with Crippen molar-refractivity contribution in [2.45, 2.75) is 25.9 Å². The second-order valence-electron chi connectivity index (χ2n) is 4.70. The number of nitrogens with two attached hydrogens (primary N) is 1. The molecule has 0 aliphatic rings. The summed E-state index contributed by atoms with van der Waals surface area (Å²) in [7, 11) is 1.62. The number of rotatable bonds is 6. The number of amides is 1. The molecule has 1 amide bonds. The number of ether oxygens (including phenoxy) is 1. The van der Waals surface area contributed by atoms with Crippen molar-refractivity contribution in [2.75, 3.05) is 13.7 Å². The van der Waals surface area contributed by atoms with Crippen LogP contribution < -0.4 is 11.1 Å². The maximum absolute atomic E-state index is 12.0. The Labute approximate surface area is 109 Å². The summed E-state index contributed by atoms with van der Waals surface area (Å²) in [6.45, 7) is 4.57. The maximum Gasteiger partial charge on any atom is 0.241 e. The van der Waals surface area contributed by atoms with Crippen LogP contribution >= 0.6 is 0 Å². The average Bonchev–Trinajstić information content (AvgIpc) is 2.38. The Morgan fingerprint density at radius 3 is 2.44 bits per heavy atom. The fourth-order valence-electron chi connectivity index (χ4n) is 1.66. The van der Waals surface area contributed by atoms with E-state index in [1.807, 2.05) is 44.2 Å². The molecule has 100 valence electrons. The van der Waals surface area contributed by atoms with Gasteiger partial charge in [-0.3, -0.25) is 4.79 Å². The van der Waals surface area contributed by atoms with E-state index >= 15 is 0 Å². The van der Waals surface area contributed by atoms with Crippen molar-refractivity contribution in [3.05, 3.63) is 35.9 Å². The summed E-state index contributed by atoms with van der Waals surface area (Å²) in [6.07, 6.45) is 0. The fraction of sp³-hybridized carbons (Fsp3) is 0.500. The Balaban J connectivity index is 2.64. The van der Waals surface area contributed by atoms with Crippen molar-refractivity contribution in [2.24, 2.45) is 11.7 Å². The van der Waals surface area contributed by atoms with Crippen molar-refractivity contribution < 1.29 is 9.53 Å². The van der Waals surface area contributed by atoms with E-state index in [0.717, 1.165) is 5.56 Å². The first-order chi connectivity index (χ1) is 8.56. The van der Waals surface area contributed by atoms with Gasteiger partial charge >= 0.3 is 0 Å². The second kappa shape index (κ2) is 7.13. The van der Waals surface area contributed by atoms with Crippen LogP contribution in [0.3, 0.4) is 0 Å². The van der Waals surface area contributed by atoms with Gasteiger partial charge in [0.2, 0.25) is 5.91 Å². The molecule has 1 unspecified atom stereocenters. The molecule has 0 bridgehead atoms. The maximum atomic E-state index is 12.0. The lowest BCUT2D eigenvalue weighted by Crippen LogP contribution is -2.45. The Bertz CT molecular complexity index is 365. The molecule has 1 rings (SSSR count). The van der Waals surface area contributed by atoms with Crippen LogP contribution in [-0.4, -0.2) is 25.7 Å². The molecule has 0 saturated heterocycles. The lowest BCUT2D eigenvalue weighted by atomic mass is 10.0. The molecule has 0 radical (unpaired) electrons. The molecule has 4 nitrogen and oxygen atoms in total. The number of hydrogen-bond donors (Lipinski definition) is 2. The summed E-state index contributed by atoms with van der Waals surface area (Å²) < 4.78 is 5.10. The van der Waals surface area contributed by atoms with E-state index in [0.29, 0.717) is 12.5 Å². The minimum Gasteiger partial charge on any atom is -0.383 e. The smallest absolute Gasteiger partial charge is 0.241 e. The van der Waals surface area contributed by atoms with Gasteiger partial charge in [0.25, 0.3) is 0 Å². The van der Waals surface area contributed by atoms with Crippen LogP contribution in [0.5, 0.6) is 0 Å². The molecule has 0 aliphatic carbocycles. The first kappa shape index (κ1) is 14.7. The van der Waals surface area contributed by atoms with E-state index in [-0.39, 0.29) is 11.9 Å². The number of carbonyl (C=O) groups is 1. The summed E-state index contributed by atoms with van der Waals surface area (Å²) in [6, 6.07) is 8.70. The van der Waals surface area contributed by atoms with Gasteiger partial charge in [0.15, 0.2) is 0 Å². The zero-order valence-electron chi connectivity index (χ0n) is 11.2. The van der Waals surface area contributed by atoms with Gasteiger partial charge in [0.1, 0.15) is 6.04 Å². The van der Waals surface area contributed by atoms with Crippen LogP contribution in [0.1, 0.15) is 25.5 Å². The molecule has 4 heteroatoms. The van der Waals surface area contributed by atoms with E-state index in [1.54, 1.807) is 7.11 Å². The van der Waals surface area contributed by atoms with Crippen LogP contribution in [0, 0.1) is 5.92 Å². The largest absolute Gasteiger partial charge is 0.383 e. The molecule has 1 aromatic carbocycles. The third-order valence-electron chi connectivity index (χ3n) is 2.92. The van der Waals surface area contributed by atoms with E-state index in [4.69, 9.17) is 10.5 Å². The molecular weight excluding hydrogens is 228 g/mol. The number of nitrogens with one attached hydrogen (secondary N) is 1. The van der Waals surface area contributed by atoms with Crippen LogP contribution in [0.4, 0.5) is 0 Å². The van der Waals surface area contributed by atoms with Crippen LogP contribution in [0.25, 0.3) is 0 Å². The number of benzene rings is 1. The highest BCUT2D eigenvalue weighted by Gasteiger charge is 2.21. The standard InChI is InChI=1S/C14H22N2O2/c1-10(2)12(9-18-3)16-14(17)13(15)11-7-5-4-6-8-11/h4-8,10,12-13H,9,15H2,1-3H3,(H,16,17)/t12?,13-/m0/s1. The van der Waals surface area contributed by atoms with Crippen molar-refractivity contribution >= 4 is 5.91 Å². The highest BCUT2D eigenvalue weighted by molar-refractivity contribution is 5.83. The molecule has 3 N–H and O–H groups in total. The lowest BCUT2D eigenvalue weighted by molar-refractivity contribution is -0.124. The van der Waals surface area contributed by atoms with Gasteiger partial charge in [0, 0.05) is 7.11 Å². The quantitative estimate of drug-likeness (QED) is 0.803. The van der Waals surface area contributed by atoms with Crippen molar-refractivity contribution in [1.82, 2.24) is 5.32 Å². The predicted octanol–water partition coefficient (Wildman–Crippen LogP) is 1.47. The van der Waals surface area contributed by atoms with Crippen LogP contribution in [0.15, 0.2) is 30.3 Å². The third-order valence-corrected chi connectivity index (χ3v) is 2.92. The summed E-state index contributed by atoms with van der Waals surface area (Å²) in [5, 5.41) is 2.93. The normalized spacial score (nSPS) is 14.3. The molecule has 1 aromatic rings. The van der Waals surface area contributed by atoms with Crippen molar-refractivity contribution in [3.63, 3.8) is 0 Å².